The van der Waals surface area contributed by atoms with Crippen molar-refractivity contribution < 1.29 is 17.9 Å². The highest BCUT2D eigenvalue weighted by molar-refractivity contribution is 7.89. The quantitative estimate of drug-likeness (QED) is 0.629. The lowest BCUT2D eigenvalue weighted by Gasteiger charge is -1.94. The van der Waals surface area contributed by atoms with Gasteiger partial charge in [-0.2, -0.15) is 0 Å². The van der Waals surface area contributed by atoms with Crippen LogP contribution in [0.4, 0.5) is 0 Å². The van der Waals surface area contributed by atoms with E-state index in [0.29, 0.717) is 4.09 Å². The second-order valence-electron chi connectivity index (χ2n) is 2.51. The lowest BCUT2D eigenvalue weighted by atomic mass is 10.4. The number of methoxy groups -OCH3 is 1. The highest BCUT2D eigenvalue weighted by atomic mass is 32.2. The molecule has 14 heavy (non-hydrogen) atoms. The lowest BCUT2D eigenvalue weighted by Crippen LogP contribution is -2.27. The van der Waals surface area contributed by atoms with E-state index in [4.69, 9.17) is 0 Å². The molecule has 0 bridgehead atoms. The average molecular weight is 220 g/mol. The van der Waals surface area contributed by atoms with Gasteiger partial charge in [-0.25, -0.2) is 13.2 Å². The molecule has 0 radical (unpaired) electrons. The molecular formula is C6H8N2O5S. The summed E-state index contributed by atoms with van der Waals surface area (Å²) in [6.07, 6.45) is 1.82. The highest BCUT2D eigenvalue weighted by Crippen LogP contribution is 1.94. The fraction of sp³-hybridized carbons (Fsp3) is 0.333. The van der Waals surface area contributed by atoms with Crippen molar-refractivity contribution in [3.63, 3.8) is 0 Å². The number of aromatic amines is 1. The summed E-state index contributed by atoms with van der Waals surface area (Å²) in [4.78, 5) is 22.2. The summed E-state index contributed by atoms with van der Waals surface area (Å²) in [6, 6.07) is 0. The molecular weight excluding hydrogens is 212 g/mol. The van der Waals surface area contributed by atoms with Crippen molar-refractivity contribution in [3.8, 4) is 0 Å². The van der Waals surface area contributed by atoms with E-state index in [-0.39, 0.29) is 5.56 Å². The van der Waals surface area contributed by atoms with Gasteiger partial charge in [0.15, 0.2) is 0 Å². The van der Waals surface area contributed by atoms with Crippen LogP contribution >= 0.6 is 0 Å². The fourth-order valence-electron chi connectivity index (χ4n) is 0.855. The zero-order valence-electron chi connectivity index (χ0n) is 7.47. The molecule has 1 heterocycles. The summed E-state index contributed by atoms with van der Waals surface area (Å²) in [5.41, 5.74) is -1.29. The maximum atomic E-state index is 11.3. The van der Waals surface area contributed by atoms with Crippen LogP contribution in [0.5, 0.6) is 0 Å². The molecule has 0 fully saturated rings. The van der Waals surface area contributed by atoms with Crippen LogP contribution in [0, 0.1) is 0 Å². The number of rotatable bonds is 2. The topological polar surface area (TPSA) is 98.2 Å². The number of aromatic nitrogens is 2. The summed E-state index contributed by atoms with van der Waals surface area (Å²) in [5.74, 6) is -0.881. The van der Waals surface area contributed by atoms with Crippen molar-refractivity contribution in [2.75, 3.05) is 13.4 Å². The van der Waals surface area contributed by atoms with Gasteiger partial charge in [0.2, 0.25) is 0 Å². The van der Waals surface area contributed by atoms with E-state index in [1.54, 1.807) is 0 Å². The molecule has 7 nitrogen and oxygen atoms in total. The number of esters is 1. The summed E-state index contributed by atoms with van der Waals surface area (Å²) in [6.45, 7) is 0. The second-order valence-corrected chi connectivity index (χ2v) is 4.34. The van der Waals surface area contributed by atoms with Gasteiger partial charge in [0.1, 0.15) is 5.56 Å². The van der Waals surface area contributed by atoms with Gasteiger partial charge >= 0.3 is 5.97 Å². The molecule has 0 saturated carbocycles. The number of nitrogens with zero attached hydrogens (tertiary/aromatic N) is 1. The monoisotopic (exact) mass is 220 g/mol. The van der Waals surface area contributed by atoms with Crippen molar-refractivity contribution in [2.24, 2.45) is 0 Å². The molecule has 0 aliphatic rings. The van der Waals surface area contributed by atoms with Gasteiger partial charge in [0.25, 0.3) is 15.6 Å². The molecule has 0 aliphatic carbocycles. The molecule has 0 aromatic carbocycles. The molecule has 0 amide bonds. The lowest BCUT2D eigenvalue weighted by molar-refractivity contribution is 0.0599. The van der Waals surface area contributed by atoms with Gasteiger partial charge < -0.3 is 4.74 Å². The molecule has 1 rings (SSSR count). The normalized spacial score (nSPS) is 11.3. The van der Waals surface area contributed by atoms with E-state index in [2.05, 4.69) is 9.84 Å². The summed E-state index contributed by atoms with van der Waals surface area (Å²) in [5, 5.41) is 2.14. The largest absolute Gasteiger partial charge is 0.465 e. The standard InChI is InChI=1S/C6H8N2O5S/c1-13-6(10)4-3-7-8(5(4)9)14(2,11)12/h3,7H,1-2H3. The maximum absolute atomic E-state index is 11.3. The first-order valence-corrected chi connectivity index (χ1v) is 5.32. The van der Waals surface area contributed by atoms with E-state index >= 15 is 0 Å². The van der Waals surface area contributed by atoms with Gasteiger partial charge in [-0.05, 0) is 0 Å². The van der Waals surface area contributed by atoms with Crippen molar-refractivity contribution in [1.29, 1.82) is 0 Å². The van der Waals surface area contributed by atoms with Crippen LogP contribution < -0.4 is 5.56 Å². The van der Waals surface area contributed by atoms with Crippen LogP contribution in [0.25, 0.3) is 0 Å². The Morgan fingerprint density at radius 3 is 2.50 bits per heavy atom. The Morgan fingerprint density at radius 1 is 1.57 bits per heavy atom. The van der Waals surface area contributed by atoms with E-state index in [9.17, 15) is 18.0 Å². The van der Waals surface area contributed by atoms with Gasteiger partial charge in [0, 0.05) is 6.20 Å². The average Bonchev–Trinajstić information content (AvgIpc) is 2.45. The van der Waals surface area contributed by atoms with Gasteiger partial charge in [-0.1, -0.05) is 0 Å². The SMILES string of the molecule is COC(=O)c1c[nH]n(S(C)(=O)=O)c1=O. The molecule has 1 aromatic heterocycles. The molecule has 1 N–H and O–H groups in total. The minimum Gasteiger partial charge on any atom is -0.465 e. The number of carbonyl (C=O) groups is 1. The zero-order chi connectivity index (χ0) is 10.9. The van der Waals surface area contributed by atoms with Crippen molar-refractivity contribution in [1.82, 2.24) is 9.19 Å². The van der Waals surface area contributed by atoms with Gasteiger partial charge in [0.05, 0.1) is 13.4 Å². The third kappa shape index (κ3) is 1.69. The maximum Gasteiger partial charge on any atom is 0.345 e. The Bertz CT molecular complexity index is 509. The summed E-state index contributed by atoms with van der Waals surface area (Å²) in [7, 11) is -2.62. The second kappa shape index (κ2) is 3.29. The Balaban J connectivity index is 3.38. The molecule has 0 aliphatic heterocycles. The van der Waals surface area contributed by atoms with Crippen LogP contribution in [0.15, 0.2) is 11.0 Å². The zero-order valence-corrected chi connectivity index (χ0v) is 8.29. The van der Waals surface area contributed by atoms with Crippen LogP contribution in [0.3, 0.4) is 0 Å². The van der Waals surface area contributed by atoms with Gasteiger partial charge in [-0.15, -0.1) is 4.09 Å². The Hall–Kier alpha value is -1.57. The van der Waals surface area contributed by atoms with Crippen molar-refractivity contribution in [3.05, 3.63) is 22.1 Å². The number of ether oxygens (including phenoxy) is 1. The smallest absolute Gasteiger partial charge is 0.345 e. The molecule has 0 atom stereocenters. The first-order valence-electron chi connectivity index (χ1n) is 3.47. The van der Waals surface area contributed by atoms with Crippen LogP contribution in [0.2, 0.25) is 0 Å². The van der Waals surface area contributed by atoms with Crippen molar-refractivity contribution >= 4 is 16.0 Å². The predicted molar refractivity (Wildman–Crippen MR) is 46.6 cm³/mol. The molecule has 1 aromatic rings. The molecule has 78 valence electrons. The summed E-state index contributed by atoms with van der Waals surface area (Å²) >= 11 is 0. The summed E-state index contributed by atoms with van der Waals surface area (Å²) < 4.78 is 26.6. The van der Waals surface area contributed by atoms with Crippen LogP contribution in [0.1, 0.15) is 10.4 Å². The van der Waals surface area contributed by atoms with E-state index in [0.717, 1.165) is 19.6 Å². The number of hydrogen-bond acceptors (Lipinski definition) is 5. The minimum absolute atomic E-state index is 0.349. The third-order valence-corrected chi connectivity index (χ3v) is 2.41. The van der Waals surface area contributed by atoms with Crippen LogP contribution in [-0.4, -0.2) is 36.9 Å². The first kappa shape index (κ1) is 10.5. The molecule has 8 heteroatoms. The highest BCUT2D eigenvalue weighted by Gasteiger charge is 2.18. The first-order chi connectivity index (χ1) is 6.38. The van der Waals surface area contributed by atoms with Crippen LogP contribution in [-0.2, 0) is 14.8 Å². The fourth-order valence-corrected chi connectivity index (χ4v) is 1.50. The molecule has 0 unspecified atom stereocenters. The van der Waals surface area contributed by atoms with Gasteiger partial charge in [-0.3, -0.25) is 9.89 Å². The number of nitrogens with one attached hydrogen (secondary N) is 1. The minimum atomic E-state index is -3.71. The third-order valence-electron chi connectivity index (χ3n) is 1.48. The Morgan fingerprint density at radius 2 is 2.14 bits per heavy atom. The Kier molecular flexibility index (Phi) is 2.47. The molecule has 0 saturated heterocycles. The number of H-pyrrole nitrogens is 1. The number of carbonyl (C=O) groups excluding carboxylic acids is 1. The van der Waals surface area contributed by atoms with E-state index < -0.39 is 21.6 Å². The Labute approximate surface area is 79.3 Å². The predicted octanol–water partition coefficient (Wildman–Crippen LogP) is -1.23. The molecule has 0 spiro atoms. The number of hydrogen-bond donors (Lipinski definition) is 1. The van der Waals surface area contributed by atoms with E-state index in [1.165, 1.54) is 0 Å². The van der Waals surface area contributed by atoms with Crippen molar-refractivity contribution in [2.45, 2.75) is 0 Å². The van der Waals surface area contributed by atoms with E-state index in [1.807, 2.05) is 0 Å².